The van der Waals surface area contributed by atoms with Gasteiger partial charge in [0.05, 0.1) is 4.90 Å². The Morgan fingerprint density at radius 2 is 2.00 bits per heavy atom. The van der Waals surface area contributed by atoms with Gasteiger partial charge in [0.15, 0.2) is 0 Å². The van der Waals surface area contributed by atoms with Crippen molar-refractivity contribution in [3.05, 3.63) is 35.1 Å². The molecule has 0 unspecified atom stereocenters. The van der Waals surface area contributed by atoms with Crippen LogP contribution < -0.4 is 0 Å². The quantitative estimate of drug-likeness (QED) is 0.761. The maximum Gasteiger partial charge on any atom is 0.261 e. The van der Waals surface area contributed by atoms with E-state index in [0.717, 1.165) is 15.2 Å². The van der Waals surface area contributed by atoms with E-state index < -0.39 is 9.05 Å². The van der Waals surface area contributed by atoms with Crippen molar-refractivity contribution < 1.29 is 8.42 Å². The van der Waals surface area contributed by atoms with Gasteiger partial charge in [-0.05, 0) is 33.4 Å². The standard InChI is InChI=1S/C9H5BrClNO2S/c10-9-5-12-4-6-3-7(15(11,13)14)1-2-8(6)9/h1-5H. The van der Waals surface area contributed by atoms with Crippen LogP contribution in [0.1, 0.15) is 0 Å². The first-order valence-corrected chi connectivity index (χ1v) is 7.06. The van der Waals surface area contributed by atoms with Crippen molar-refractivity contribution in [2.24, 2.45) is 0 Å². The van der Waals surface area contributed by atoms with Crippen LogP contribution in [0.4, 0.5) is 0 Å². The molecule has 0 aliphatic carbocycles. The molecule has 0 spiro atoms. The average Bonchev–Trinajstić information content (AvgIpc) is 2.16. The number of hydrogen-bond acceptors (Lipinski definition) is 3. The topological polar surface area (TPSA) is 47.0 Å². The van der Waals surface area contributed by atoms with Crippen LogP contribution in [0.3, 0.4) is 0 Å². The Labute approximate surface area is 99.6 Å². The number of hydrogen-bond donors (Lipinski definition) is 0. The van der Waals surface area contributed by atoms with E-state index >= 15 is 0 Å². The number of aromatic nitrogens is 1. The Morgan fingerprint density at radius 1 is 1.27 bits per heavy atom. The number of nitrogens with zero attached hydrogens (tertiary/aromatic N) is 1. The molecule has 2 aromatic rings. The first-order chi connectivity index (χ1) is 6.98. The van der Waals surface area contributed by atoms with Gasteiger partial charge in [-0.2, -0.15) is 0 Å². The molecule has 2 rings (SSSR count). The molecule has 6 heteroatoms. The van der Waals surface area contributed by atoms with Crippen LogP contribution >= 0.6 is 26.6 Å². The Hall–Kier alpha value is -0.650. The van der Waals surface area contributed by atoms with E-state index in [-0.39, 0.29) is 4.90 Å². The van der Waals surface area contributed by atoms with E-state index in [1.807, 2.05) is 0 Å². The molecule has 0 aliphatic rings. The maximum absolute atomic E-state index is 11.1. The van der Waals surface area contributed by atoms with E-state index in [9.17, 15) is 8.42 Å². The molecule has 0 amide bonds. The maximum atomic E-state index is 11.1. The van der Waals surface area contributed by atoms with Gasteiger partial charge in [-0.3, -0.25) is 4.98 Å². The van der Waals surface area contributed by atoms with Crippen molar-refractivity contribution in [3.8, 4) is 0 Å². The number of rotatable bonds is 1. The van der Waals surface area contributed by atoms with Crippen LogP contribution in [0.15, 0.2) is 40.0 Å². The monoisotopic (exact) mass is 305 g/mol. The molecule has 0 fully saturated rings. The van der Waals surface area contributed by atoms with Gasteiger partial charge in [-0.15, -0.1) is 0 Å². The van der Waals surface area contributed by atoms with Crippen LogP contribution in [0.2, 0.25) is 0 Å². The minimum atomic E-state index is -3.68. The first-order valence-electron chi connectivity index (χ1n) is 3.96. The molecule has 3 nitrogen and oxygen atoms in total. The van der Waals surface area contributed by atoms with Crippen molar-refractivity contribution in [3.63, 3.8) is 0 Å². The molecule has 1 aromatic carbocycles. The van der Waals surface area contributed by atoms with Crippen LogP contribution in [-0.2, 0) is 9.05 Å². The molecule has 78 valence electrons. The number of fused-ring (bicyclic) bond motifs is 1. The summed E-state index contributed by atoms with van der Waals surface area (Å²) in [5.41, 5.74) is 0. The van der Waals surface area contributed by atoms with Crippen molar-refractivity contribution >= 4 is 46.4 Å². The van der Waals surface area contributed by atoms with Crippen molar-refractivity contribution in [2.75, 3.05) is 0 Å². The Balaban J connectivity index is 2.79. The van der Waals surface area contributed by atoms with Crippen molar-refractivity contribution in [1.82, 2.24) is 4.98 Å². The van der Waals surface area contributed by atoms with E-state index in [4.69, 9.17) is 10.7 Å². The summed E-state index contributed by atoms with van der Waals surface area (Å²) in [4.78, 5) is 4.03. The molecular formula is C9H5BrClNO2S. The summed E-state index contributed by atoms with van der Waals surface area (Å²) >= 11 is 3.33. The molecule has 0 saturated carbocycles. The summed E-state index contributed by atoms with van der Waals surface area (Å²) in [6.45, 7) is 0. The van der Waals surface area contributed by atoms with Crippen LogP contribution in [0, 0.1) is 0 Å². The zero-order valence-corrected chi connectivity index (χ0v) is 10.5. The van der Waals surface area contributed by atoms with Crippen LogP contribution in [-0.4, -0.2) is 13.4 Å². The highest BCUT2D eigenvalue weighted by Crippen LogP contribution is 2.26. The summed E-state index contributed by atoms with van der Waals surface area (Å²) in [6, 6.07) is 4.65. The van der Waals surface area contributed by atoms with Gasteiger partial charge in [0.25, 0.3) is 9.05 Å². The molecule has 0 N–H and O–H groups in total. The van der Waals surface area contributed by atoms with E-state index in [2.05, 4.69) is 20.9 Å². The summed E-state index contributed by atoms with van der Waals surface area (Å²) < 4.78 is 23.0. The van der Waals surface area contributed by atoms with Crippen LogP contribution in [0.25, 0.3) is 10.8 Å². The third-order valence-corrected chi connectivity index (χ3v) is 3.95. The molecule has 15 heavy (non-hydrogen) atoms. The predicted octanol–water partition coefficient (Wildman–Crippen LogP) is 2.92. The van der Waals surface area contributed by atoms with Gasteiger partial charge < -0.3 is 0 Å². The number of halogens is 2. The molecule has 0 atom stereocenters. The highest BCUT2D eigenvalue weighted by Gasteiger charge is 2.10. The fourth-order valence-electron chi connectivity index (χ4n) is 1.27. The van der Waals surface area contributed by atoms with Gasteiger partial charge >= 0.3 is 0 Å². The Kier molecular flexibility index (Phi) is 2.70. The molecule has 0 saturated heterocycles. The smallest absolute Gasteiger partial charge is 0.261 e. The normalized spacial score (nSPS) is 11.9. The SMILES string of the molecule is O=S(=O)(Cl)c1ccc2c(Br)cncc2c1. The largest absolute Gasteiger partial charge is 0.263 e. The van der Waals surface area contributed by atoms with E-state index in [1.54, 1.807) is 18.5 Å². The average molecular weight is 307 g/mol. The van der Waals surface area contributed by atoms with Crippen molar-refractivity contribution in [1.29, 1.82) is 0 Å². The minimum absolute atomic E-state index is 0.0802. The molecule has 0 bridgehead atoms. The highest BCUT2D eigenvalue weighted by atomic mass is 79.9. The third kappa shape index (κ3) is 2.14. The second-order valence-corrected chi connectivity index (χ2v) is 6.36. The van der Waals surface area contributed by atoms with Gasteiger partial charge in [0.1, 0.15) is 0 Å². The lowest BCUT2D eigenvalue weighted by atomic mass is 10.2. The van der Waals surface area contributed by atoms with Gasteiger partial charge in [0.2, 0.25) is 0 Å². The second-order valence-electron chi connectivity index (χ2n) is 2.94. The number of benzene rings is 1. The molecule has 1 heterocycles. The molecule has 0 aliphatic heterocycles. The Bertz CT molecular complexity index is 627. The molecule has 0 radical (unpaired) electrons. The zero-order chi connectivity index (χ0) is 11.1. The van der Waals surface area contributed by atoms with Gasteiger partial charge in [0, 0.05) is 32.9 Å². The lowest BCUT2D eigenvalue weighted by Crippen LogP contribution is -1.90. The third-order valence-electron chi connectivity index (χ3n) is 1.96. The number of pyridine rings is 1. The fourth-order valence-corrected chi connectivity index (χ4v) is 2.53. The first kappa shape index (κ1) is 10.9. The highest BCUT2D eigenvalue weighted by molar-refractivity contribution is 9.10. The summed E-state index contributed by atoms with van der Waals surface area (Å²) in [6.07, 6.45) is 3.24. The lowest BCUT2D eigenvalue weighted by molar-refractivity contribution is 0.609. The summed E-state index contributed by atoms with van der Waals surface area (Å²) in [7, 11) is 1.56. The van der Waals surface area contributed by atoms with E-state index in [0.29, 0.717) is 0 Å². The molecule has 1 aromatic heterocycles. The predicted molar refractivity (Wildman–Crippen MR) is 62.5 cm³/mol. The van der Waals surface area contributed by atoms with Crippen LogP contribution in [0.5, 0.6) is 0 Å². The van der Waals surface area contributed by atoms with Crippen molar-refractivity contribution in [2.45, 2.75) is 4.90 Å². The van der Waals surface area contributed by atoms with E-state index in [1.165, 1.54) is 12.1 Å². The Morgan fingerprint density at radius 3 is 2.67 bits per heavy atom. The fraction of sp³-hybridized carbons (Fsp3) is 0. The van der Waals surface area contributed by atoms with Gasteiger partial charge in [-0.1, -0.05) is 6.07 Å². The molecular weight excluding hydrogens is 302 g/mol. The second kappa shape index (κ2) is 3.73. The lowest BCUT2D eigenvalue weighted by Gasteiger charge is -2.01. The zero-order valence-electron chi connectivity index (χ0n) is 7.31. The summed E-state index contributed by atoms with van der Waals surface area (Å²) in [5, 5.41) is 1.63. The van der Waals surface area contributed by atoms with Gasteiger partial charge in [-0.25, -0.2) is 8.42 Å². The minimum Gasteiger partial charge on any atom is -0.263 e. The summed E-state index contributed by atoms with van der Waals surface area (Å²) in [5.74, 6) is 0.